The predicted octanol–water partition coefficient (Wildman–Crippen LogP) is 5.02. The Kier molecular flexibility index (Phi) is 9.71. The zero-order valence-corrected chi connectivity index (χ0v) is 16.2. The van der Waals surface area contributed by atoms with E-state index in [1.165, 1.54) is 11.1 Å². The summed E-state index contributed by atoms with van der Waals surface area (Å²) in [5.74, 6) is 2.26. The van der Waals surface area contributed by atoms with Crippen molar-refractivity contribution in [3.8, 4) is 0 Å². The predicted molar refractivity (Wildman–Crippen MR) is 108 cm³/mol. The highest BCUT2D eigenvalue weighted by atomic mass is 32.2. The van der Waals surface area contributed by atoms with Gasteiger partial charge in [0.15, 0.2) is 0 Å². The van der Waals surface area contributed by atoms with E-state index in [9.17, 15) is 0 Å². The second kappa shape index (κ2) is 12.1. The fourth-order valence-electron chi connectivity index (χ4n) is 2.89. The molecule has 0 heterocycles. The summed E-state index contributed by atoms with van der Waals surface area (Å²) in [7, 11) is 3.64. The maximum absolute atomic E-state index is 5.64. The fourth-order valence-corrected chi connectivity index (χ4v) is 3.96. The molecule has 0 amide bonds. The molecule has 2 rings (SSSR count). The molecule has 2 aromatic rings. The Bertz CT molecular complexity index is 507. The van der Waals surface area contributed by atoms with Crippen LogP contribution in [-0.4, -0.2) is 37.9 Å². The summed E-state index contributed by atoms with van der Waals surface area (Å²) in [5.41, 5.74) is 2.70. The van der Waals surface area contributed by atoms with E-state index >= 15 is 0 Å². The Hall–Kier alpha value is -1.29. The number of benzene rings is 2. The van der Waals surface area contributed by atoms with Crippen LogP contribution in [0, 0.1) is 0 Å². The normalized spacial score (nSPS) is 13.5. The molecule has 0 fully saturated rings. The summed E-state index contributed by atoms with van der Waals surface area (Å²) in [6.07, 6.45) is 4.77. The topological polar surface area (TPSA) is 18.5 Å². The highest BCUT2D eigenvalue weighted by Gasteiger charge is 2.10. The van der Waals surface area contributed by atoms with E-state index in [2.05, 4.69) is 60.7 Å². The Labute approximate surface area is 156 Å². The third kappa shape index (κ3) is 8.08. The van der Waals surface area contributed by atoms with Gasteiger partial charge in [-0.15, -0.1) is 0 Å². The van der Waals surface area contributed by atoms with E-state index in [0.29, 0.717) is 12.2 Å². The van der Waals surface area contributed by atoms with Crippen LogP contribution >= 0.6 is 11.8 Å². The molecule has 0 aromatic heterocycles. The molecule has 2 atom stereocenters. The Balaban J connectivity index is 1.62. The molecule has 2 aromatic carbocycles. The maximum atomic E-state index is 5.64. The van der Waals surface area contributed by atoms with Crippen LogP contribution in [0.1, 0.15) is 24.0 Å². The second-order valence-electron chi connectivity index (χ2n) is 6.28. The van der Waals surface area contributed by atoms with Gasteiger partial charge in [0.25, 0.3) is 0 Å². The van der Waals surface area contributed by atoms with E-state index in [4.69, 9.17) is 9.47 Å². The summed E-state index contributed by atoms with van der Waals surface area (Å²) in [6.45, 7) is 0. The lowest BCUT2D eigenvalue weighted by molar-refractivity contribution is 0.0998. The number of rotatable bonds is 12. The molecule has 0 N–H and O–H groups in total. The molecule has 25 heavy (non-hydrogen) atoms. The van der Waals surface area contributed by atoms with E-state index in [1.807, 2.05) is 26.0 Å². The number of methoxy groups -OCH3 is 2. The summed E-state index contributed by atoms with van der Waals surface area (Å²) >= 11 is 2.00. The second-order valence-corrected chi connectivity index (χ2v) is 7.51. The molecule has 0 aliphatic heterocycles. The molecule has 0 saturated heterocycles. The SMILES string of the molecule is COC(CCSCCC(Cc1ccccc1)OC)Cc1ccccc1. The minimum absolute atomic E-state index is 0.303. The van der Waals surface area contributed by atoms with Crippen molar-refractivity contribution in [1.82, 2.24) is 0 Å². The molecular weight excluding hydrogens is 328 g/mol. The van der Waals surface area contributed by atoms with Crippen molar-refractivity contribution in [2.24, 2.45) is 0 Å². The molecule has 0 aliphatic rings. The van der Waals surface area contributed by atoms with Crippen molar-refractivity contribution in [1.29, 1.82) is 0 Å². The summed E-state index contributed by atoms with van der Waals surface area (Å²) < 4.78 is 11.3. The first-order chi connectivity index (χ1) is 12.3. The molecule has 2 nitrogen and oxygen atoms in total. The number of hydrogen-bond acceptors (Lipinski definition) is 3. The highest BCUT2D eigenvalue weighted by Crippen LogP contribution is 2.16. The number of thioether (sulfide) groups is 1. The Morgan fingerprint density at radius 1 is 0.680 bits per heavy atom. The Morgan fingerprint density at radius 2 is 1.08 bits per heavy atom. The van der Waals surface area contributed by atoms with Crippen LogP contribution in [0.15, 0.2) is 60.7 Å². The highest BCUT2D eigenvalue weighted by molar-refractivity contribution is 7.99. The first-order valence-corrected chi connectivity index (χ1v) is 10.2. The molecular formula is C22H30O2S. The molecule has 2 unspecified atom stereocenters. The number of ether oxygens (including phenoxy) is 2. The monoisotopic (exact) mass is 358 g/mol. The summed E-state index contributed by atoms with van der Waals surface area (Å²) in [5, 5.41) is 0. The lowest BCUT2D eigenvalue weighted by Crippen LogP contribution is -2.16. The molecule has 0 aliphatic carbocycles. The van der Waals surface area contributed by atoms with Gasteiger partial charge in [-0.1, -0.05) is 60.7 Å². The van der Waals surface area contributed by atoms with E-state index < -0.39 is 0 Å². The van der Waals surface area contributed by atoms with Crippen molar-refractivity contribution in [3.63, 3.8) is 0 Å². The van der Waals surface area contributed by atoms with Crippen LogP contribution in [0.25, 0.3) is 0 Å². The van der Waals surface area contributed by atoms with Crippen LogP contribution in [0.2, 0.25) is 0 Å². The standard InChI is InChI=1S/C22H30O2S/c1-23-21(17-19-9-5-3-6-10-19)13-15-25-16-14-22(24-2)18-20-11-7-4-8-12-20/h3-12,21-22H,13-18H2,1-2H3. The first-order valence-electron chi connectivity index (χ1n) is 9.03. The lowest BCUT2D eigenvalue weighted by Gasteiger charge is -2.17. The summed E-state index contributed by atoms with van der Waals surface area (Å²) in [6, 6.07) is 21.2. The quantitative estimate of drug-likeness (QED) is 0.497. The van der Waals surface area contributed by atoms with Gasteiger partial charge in [-0.25, -0.2) is 0 Å². The first kappa shape index (κ1) is 20.0. The third-order valence-corrected chi connectivity index (χ3v) is 5.50. The van der Waals surface area contributed by atoms with Crippen molar-refractivity contribution in [2.75, 3.05) is 25.7 Å². The van der Waals surface area contributed by atoms with Gasteiger partial charge >= 0.3 is 0 Å². The average Bonchev–Trinajstić information content (AvgIpc) is 2.67. The minimum Gasteiger partial charge on any atom is -0.381 e. The van der Waals surface area contributed by atoms with E-state index in [1.54, 1.807) is 0 Å². The smallest absolute Gasteiger partial charge is 0.0619 e. The van der Waals surface area contributed by atoms with Gasteiger partial charge in [-0.2, -0.15) is 11.8 Å². The van der Waals surface area contributed by atoms with Gasteiger partial charge < -0.3 is 9.47 Å². The maximum Gasteiger partial charge on any atom is 0.0619 e. The van der Waals surface area contributed by atoms with Crippen LogP contribution in [-0.2, 0) is 22.3 Å². The molecule has 0 saturated carbocycles. The van der Waals surface area contributed by atoms with Gasteiger partial charge in [0.05, 0.1) is 12.2 Å². The van der Waals surface area contributed by atoms with Crippen LogP contribution < -0.4 is 0 Å². The number of hydrogen-bond donors (Lipinski definition) is 0. The van der Waals surface area contributed by atoms with E-state index in [0.717, 1.165) is 37.2 Å². The fraction of sp³-hybridized carbons (Fsp3) is 0.455. The van der Waals surface area contributed by atoms with Gasteiger partial charge in [0.1, 0.15) is 0 Å². The van der Waals surface area contributed by atoms with Crippen molar-refractivity contribution in [3.05, 3.63) is 71.8 Å². The largest absolute Gasteiger partial charge is 0.381 e. The van der Waals surface area contributed by atoms with Gasteiger partial charge in [-0.05, 0) is 48.3 Å². The molecule has 0 bridgehead atoms. The average molecular weight is 359 g/mol. The zero-order chi connectivity index (χ0) is 17.7. The van der Waals surface area contributed by atoms with E-state index in [-0.39, 0.29) is 0 Å². The van der Waals surface area contributed by atoms with Crippen molar-refractivity contribution in [2.45, 2.75) is 37.9 Å². The van der Waals surface area contributed by atoms with Crippen molar-refractivity contribution < 1.29 is 9.47 Å². The Morgan fingerprint density at radius 3 is 1.44 bits per heavy atom. The zero-order valence-electron chi connectivity index (χ0n) is 15.4. The molecule has 0 radical (unpaired) electrons. The summed E-state index contributed by atoms with van der Waals surface area (Å²) in [4.78, 5) is 0. The van der Waals surface area contributed by atoms with Crippen molar-refractivity contribution >= 4 is 11.8 Å². The van der Waals surface area contributed by atoms with Gasteiger partial charge in [0, 0.05) is 14.2 Å². The van der Waals surface area contributed by atoms with Gasteiger partial charge in [0.2, 0.25) is 0 Å². The van der Waals surface area contributed by atoms with Crippen LogP contribution in [0.5, 0.6) is 0 Å². The minimum atomic E-state index is 0.303. The third-order valence-electron chi connectivity index (χ3n) is 4.45. The lowest BCUT2D eigenvalue weighted by atomic mass is 10.1. The van der Waals surface area contributed by atoms with Crippen LogP contribution in [0.4, 0.5) is 0 Å². The van der Waals surface area contributed by atoms with Gasteiger partial charge in [-0.3, -0.25) is 0 Å². The molecule has 136 valence electrons. The van der Waals surface area contributed by atoms with Crippen LogP contribution in [0.3, 0.4) is 0 Å². The molecule has 3 heteroatoms. The molecule has 0 spiro atoms.